The summed E-state index contributed by atoms with van der Waals surface area (Å²) >= 11 is 0. The molecule has 2 aromatic rings. The van der Waals surface area contributed by atoms with Gasteiger partial charge in [0.05, 0.1) is 23.8 Å². The van der Waals surface area contributed by atoms with Crippen LogP contribution >= 0.6 is 0 Å². The summed E-state index contributed by atoms with van der Waals surface area (Å²) in [5.41, 5.74) is 1.58. The van der Waals surface area contributed by atoms with Gasteiger partial charge in [0.2, 0.25) is 11.8 Å². The van der Waals surface area contributed by atoms with E-state index in [1.54, 1.807) is 6.07 Å². The lowest BCUT2D eigenvalue weighted by Gasteiger charge is -2.08. The highest BCUT2D eigenvalue weighted by molar-refractivity contribution is 5.85. The maximum atomic E-state index is 12.4. The van der Waals surface area contributed by atoms with Crippen molar-refractivity contribution in [2.75, 3.05) is 6.54 Å². The molecule has 3 rings (SSSR count). The Kier molecular flexibility index (Phi) is 5.11. The first-order valence-electron chi connectivity index (χ1n) is 8.55. The Morgan fingerprint density at radius 1 is 1.28 bits per heavy atom. The number of nitrogens with one attached hydrogen (secondary N) is 2. The van der Waals surface area contributed by atoms with Gasteiger partial charge in [0.15, 0.2) is 0 Å². The number of fused-ring (bicyclic) bond motifs is 1. The van der Waals surface area contributed by atoms with Crippen molar-refractivity contribution in [1.82, 2.24) is 20.2 Å². The van der Waals surface area contributed by atoms with E-state index in [9.17, 15) is 14.4 Å². The van der Waals surface area contributed by atoms with Crippen LogP contribution in [0.3, 0.4) is 0 Å². The van der Waals surface area contributed by atoms with Crippen LogP contribution < -0.4 is 16.2 Å². The maximum Gasteiger partial charge on any atom is 0.261 e. The monoisotopic (exact) mass is 342 g/mol. The first-order chi connectivity index (χ1) is 12.0. The van der Waals surface area contributed by atoms with E-state index in [2.05, 4.69) is 15.6 Å². The molecule has 2 N–H and O–H groups in total. The van der Waals surface area contributed by atoms with Gasteiger partial charge < -0.3 is 10.6 Å². The SMILES string of the molecule is Cc1cccc2c(=O)n(CCCC(=O)NCC(=O)NC3CC3)cnc12. The van der Waals surface area contributed by atoms with Crippen LogP contribution in [0.4, 0.5) is 0 Å². The molecule has 0 spiro atoms. The summed E-state index contributed by atoms with van der Waals surface area (Å²) in [6, 6.07) is 5.81. The number of para-hydroxylation sites is 1. The normalized spacial score (nSPS) is 13.6. The topological polar surface area (TPSA) is 93.1 Å². The van der Waals surface area contributed by atoms with E-state index in [4.69, 9.17) is 0 Å². The molecule has 7 nitrogen and oxygen atoms in total. The molecule has 0 atom stereocenters. The van der Waals surface area contributed by atoms with E-state index in [1.165, 1.54) is 10.9 Å². The minimum atomic E-state index is -0.191. The van der Waals surface area contributed by atoms with Crippen molar-refractivity contribution < 1.29 is 9.59 Å². The lowest BCUT2D eigenvalue weighted by atomic mass is 10.1. The fourth-order valence-corrected chi connectivity index (χ4v) is 2.68. The first kappa shape index (κ1) is 17.1. The molecule has 1 aliphatic rings. The number of aromatic nitrogens is 2. The van der Waals surface area contributed by atoms with Crippen LogP contribution in [0.15, 0.2) is 29.3 Å². The summed E-state index contributed by atoms with van der Waals surface area (Å²) < 4.78 is 1.52. The molecular weight excluding hydrogens is 320 g/mol. The predicted molar refractivity (Wildman–Crippen MR) is 94.1 cm³/mol. The van der Waals surface area contributed by atoms with Crippen molar-refractivity contribution in [2.24, 2.45) is 0 Å². The molecule has 0 unspecified atom stereocenters. The highest BCUT2D eigenvalue weighted by Crippen LogP contribution is 2.18. The molecule has 0 radical (unpaired) electrons. The van der Waals surface area contributed by atoms with Gasteiger partial charge in [-0.2, -0.15) is 0 Å². The van der Waals surface area contributed by atoms with Gasteiger partial charge in [-0.05, 0) is 37.8 Å². The van der Waals surface area contributed by atoms with E-state index in [1.807, 2.05) is 19.1 Å². The van der Waals surface area contributed by atoms with Gasteiger partial charge in [0.1, 0.15) is 0 Å². The third-order valence-corrected chi connectivity index (χ3v) is 4.25. The molecule has 7 heteroatoms. The van der Waals surface area contributed by atoms with Crippen LogP contribution in [-0.4, -0.2) is 34.0 Å². The number of hydrogen-bond donors (Lipinski definition) is 2. The highest BCUT2D eigenvalue weighted by Gasteiger charge is 2.23. The molecule has 0 aliphatic heterocycles. The second kappa shape index (κ2) is 7.46. The van der Waals surface area contributed by atoms with Crippen LogP contribution in [-0.2, 0) is 16.1 Å². The average Bonchev–Trinajstić information content (AvgIpc) is 3.40. The van der Waals surface area contributed by atoms with Gasteiger partial charge in [-0.25, -0.2) is 4.98 Å². The second-order valence-corrected chi connectivity index (χ2v) is 6.44. The van der Waals surface area contributed by atoms with Gasteiger partial charge in [0.25, 0.3) is 5.56 Å². The fourth-order valence-electron chi connectivity index (χ4n) is 2.68. The summed E-state index contributed by atoms with van der Waals surface area (Å²) in [6.07, 6.45) is 4.34. The molecule has 1 aliphatic carbocycles. The van der Waals surface area contributed by atoms with Crippen molar-refractivity contribution in [3.05, 3.63) is 40.4 Å². The third kappa shape index (κ3) is 4.43. The predicted octanol–water partition coefficient (Wildman–Crippen LogP) is 0.880. The van der Waals surface area contributed by atoms with Crippen LogP contribution in [0.2, 0.25) is 0 Å². The van der Waals surface area contributed by atoms with Crippen molar-refractivity contribution >= 4 is 22.7 Å². The number of carbonyl (C=O) groups excluding carboxylic acids is 2. The molecule has 1 aromatic heterocycles. The molecule has 1 saturated carbocycles. The van der Waals surface area contributed by atoms with Crippen LogP contribution in [0, 0.1) is 6.92 Å². The van der Waals surface area contributed by atoms with Crippen molar-refractivity contribution in [3.63, 3.8) is 0 Å². The number of rotatable bonds is 7. The summed E-state index contributed by atoms with van der Waals surface area (Å²) in [5, 5.41) is 6.00. The number of amides is 2. The molecule has 1 heterocycles. The third-order valence-electron chi connectivity index (χ3n) is 4.25. The summed E-state index contributed by atoms with van der Waals surface area (Å²) in [4.78, 5) is 40.1. The molecule has 1 aromatic carbocycles. The van der Waals surface area contributed by atoms with Crippen LogP contribution in [0.1, 0.15) is 31.2 Å². The van der Waals surface area contributed by atoms with Gasteiger partial charge in [-0.1, -0.05) is 12.1 Å². The van der Waals surface area contributed by atoms with Gasteiger partial charge >= 0.3 is 0 Å². The van der Waals surface area contributed by atoms with E-state index in [-0.39, 0.29) is 30.3 Å². The zero-order chi connectivity index (χ0) is 17.8. The summed E-state index contributed by atoms with van der Waals surface area (Å²) in [7, 11) is 0. The number of carbonyl (C=O) groups is 2. The number of benzene rings is 1. The van der Waals surface area contributed by atoms with E-state index in [0.717, 1.165) is 18.4 Å². The smallest absolute Gasteiger partial charge is 0.261 e. The largest absolute Gasteiger partial charge is 0.352 e. The second-order valence-electron chi connectivity index (χ2n) is 6.44. The van der Waals surface area contributed by atoms with Crippen molar-refractivity contribution in [3.8, 4) is 0 Å². The van der Waals surface area contributed by atoms with Crippen molar-refractivity contribution in [2.45, 2.75) is 45.2 Å². The Balaban J connectivity index is 1.49. The average molecular weight is 342 g/mol. The Bertz CT molecular complexity index is 855. The highest BCUT2D eigenvalue weighted by atomic mass is 16.2. The van der Waals surface area contributed by atoms with E-state index >= 15 is 0 Å². The first-order valence-corrected chi connectivity index (χ1v) is 8.55. The number of nitrogens with zero attached hydrogens (tertiary/aromatic N) is 2. The van der Waals surface area contributed by atoms with Crippen LogP contribution in [0.25, 0.3) is 10.9 Å². The standard InChI is InChI=1S/C18H22N4O3/c1-12-4-2-5-14-17(12)20-11-22(18(14)25)9-3-6-15(23)19-10-16(24)21-13-7-8-13/h2,4-5,11,13H,3,6-10H2,1H3,(H,19,23)(H,21,24). The Morgan fingerprint density at radius 2 is 2.08 bits per heavy atom. The maximum absolute atomic E-state index is 12.4. The Labute approximate surface area is 145 Å². The summed E-state index contributed by atoms with van der Waals surface area (Å²) in [5.74, 6) is -0.343. The minimum absolute atomic E-state index is 0.00604. The van der Waals surface area contributed by atoms with Gasteiger partial charge in [-0.15, -0.1) is 0 Å². The minimum Gasteiger partial charge on any atom is -0.352 e. The van der Waals surface area contributed by atoms with Crippen LogP contribution in [0.5, 0.6) is 0 Å². The van der Waals surface area contributed by atoms with Crippen molar-refractivity contribution in [1.29, 1.82) is 0 Å². The Hall–Kier alpha value is -2.70. The molecule has 2 amide bonds. The van der Waals surface area contributed by atoms with E-state index < -0.39 is 0 Å². The molecule has 132 valence electrons. The number of aryl methyl sites for hydroxylation is 2. The van der Waals surface area contributed by atoms with Gasteiger partial charge in [-0.3, -0.25) is 19.0 Å². The zero-order valence-electron chi connectivity index (χ0n) is 14.2. The number of hydrogen-bond acceptors (Lipinski definition) is 4. The van der Waals surface area contributed by atoms with E-state index in [0.29, 0.717) is 29.9 Å². The van der Waals surface area contributed by atoms with Gasteiger partial charge in [0, 0.05) is 19.0 Å². The molecule has 25 heavy (non-hydrogen) atoms. The zero-order valence-corrected chi connectivity index (χ0v) is 14.2. The molecular formula is C18H22N4O3. The quantitative estimate of drug-likeness (QED) is 0.781. The lowest BCUT2D eigenvalue weighted by Crippen LogP contribution is -2.37. The summed E-state index contributed by atoms with van der Waals surface area (Å²) in [6.45, 7) is 2.34. The molecule has 0 bridgehead atoms. The lowest BCUT2D eigenvalue weighted by molar-refractivity contribution is -0.126. The fraction of sp³-hybridized carbons (Fsp3) is 0.444. The Morgan fingerprint density at radius 3 is 2.84 bits per heavy atom. The molecule has 0 saturated heterocycles. The molecule has 1 fully saturated rings.